The van der Waals surface area contributed by atoms with Crippen molar-refractivity contribution >= 4 is 17.8 Å². The van der Waals surface area contributed by atoms with E-state index in [1.807, 2.05) is 76.9 Å². The maximum absolute atomic E-state index is 14.6. The third-order valence-corrected chi connectivity index (χ3v) is 12.8. The minimum Gasteiger partial charge on any atom is -0.454 e. The lowest BCUT2D eigenvalue weighted by atomic mass is 9.77. The van der Waals surface area contributed by atoms with Gasteiger partial charge in [0, 0.05) is 46.1 Å². The first-order valence-electron chi connectivity index (χ1n) is 21.4. The van der Waals surface area contributed by atoms with Gasteiger partial charge < -0.3 is 58.9 Å². The van der Waals surface area contributed by atoms with Gasteiger partial charge in [0.05, 0.1) is 66.1 Å². The molecule has 0 aromatic heterocycles. The van der Waals surface area contributed by atoms with Gasteiger partial charge in [-0.05, 0) is 72.3 Å². The molecule has 0 saturated carbocycles. The number of amidine groups is 1. The molecule has 0 aliphatic carbocycles. The summed E-state index contributed by atoms with van der Waals surface area (Å²) >= 11 is 0. The van der Waals surface area contributed by atoms with Gasteiger partial charge in [0.2, 0.25) is 11.8 Å². The first-order valence-corrected chi connectivity index (χ1v) is 21.4. The molecule has 0 spiro atoms. The van der Waals surface area contributed by atoms with Gasteiger partial charge in [-0.25, -0.2) is 4.99 Å². The molecule has 5 rings (SSSR count). The van der Waals surface area contributed by atoms with Gasteiger partial charge >= 0.3 is 0 Å². The molecule has 16 atom stereocenters. The second-order valence-corrected chi connectivity index (χ2v) is 18.6. The van der Waals surface area contributed by atoms with Crippen LogP contribution in [0.2, 0.25) is 0 Å². The Balaban J connectivity index is 1.58. The topological polar surface area (TPSA) is 181 Å². The van der Waals surface area contributed by atoms with E-state index in [0.29, 0.717) is 19.0 Å². The van der Waals surface area contributed by atoms with E-state index >= 15 is 0 Å². The number of aliphatic hydroxyl groups is 3. The third-order valence-electron chi connectivity index (χ3n) is 12.8. The zero-order chi connectivity index (χ0) is 43.6. The zero-order valence-corrected chi connectivity index (χ0v) is 37.2. The molecule has 2 amide bonds. The Morgan fingerprint density at radius 1 is 1.00 bits per heavy atom. The van der Waals surface area contributed by atoms with Crippen LogP contribution in [0.5, 0.6) is 0 Å². The van der Waals surface area contributed by atoms with Crippen molar-refractivity contribution in [2.45, 2.75) is 179 Å². The molecule has 4 heterocycles. The average molecular weight is 833 g/mol. The molecular formula is C44H72N4O11. The van der Waals surface area contributed by atoms with Gasteiger partial charge in [0.1, 0.15) is 6.10 Å². The van der Waals surface area contributed by atoms with Gasteiger partial charge in [0.25, 0.3) is 6.02 Å². The Hall–Kier alpha value is -2.89. The van der Waals surface area contributed by atoms with Crippen LogP contribution >= 0.6 is 0 Å². The number of methoxy groups -OCH3 is 1. The summed E-state index contributed by atoms with van der Waals surface area (Å²) in [5, 5.41) is 38.5. The Labute approximate surface area is 351 Å². The van der Waals surface area contributed by atoms with E-state index in [-0.39, 0.29) is 55.7 Å². The van der Waals surface area contributed by atoms with Crippen molar-refractivity contribution in [2.75, 3.05) is 27.7 Å². The summed E-state index contributed by atoms with van der Waals surface area (Å²) < 4.78 is 38.9. The fourth-order valence-electron chi connectivity index (χ4n) is 9.50. The van der Waals surface area contributed by atoms with Crippen molar-refractivity contribution in [3.63, 3.8) is 0 Å². The number of nitrogens with one attached hydrogen (secondary N) is 1. The standard InChI is InChI=1S/C44H72N4O11/c1-24(2)45-42-48(11)32-18-26(4)55-41(37(32)58-42)59-39-27(5)36(57-35-22-44(9,54-12)38(51)29(7)56-35)28(6)40(52)46-31(19-30-16-14-13-15-17-30)33(49)20-34(50)47(10)23-25(3)21-43(39,8)53/h13-17,24-29,31-33,35-39,41,49,51,53H,18-23H2,1-12H3,(H,46,52)/t25-,26-,27+,28?,29+,31?,32?,33+,35+,36?,37?,38+,39-,41?,43?,44?/m1/s1. The summed E-state index contributed by atoms with van der Waals surface area (Å²) in [6.07, 6.45) is -6.31. The number of hydrogen-bond acceptors (Lipinski definition) is 12. The fourth-order valence-corrected chi connectivity index (χ4v) is 9.50. The Morgan fingerprint density at radius 3 is 2.32 bits per heavy atom. The lowest BCUT2D eigenvalue weighted by Gasteiger charge is -2.48. The van der Waals surface area contributed by atoms with Crippen molar-refractivity contribution < 1.29 is 53.3 Å². The summed E-state index contributed by atoms with van der Waals surface area (Å²) in [6, 6.07) is 9.05. The molecule has 8 unspecified atom stereocenters. The Kier molecular flexibility index (Phi) is 15.5. The van der Waals surface area contributed by atoms with Crippen molar-refractivity contribution in [3.05, 3.63) is 35.9 Å². The van der Waals surface area contributed by atoms with Crippen LogP contribution in [0.25, 0.3) is 0 Å². The quantitative estimate of drug-likeness (QED) is 0.301. The summed E-state index contributed by atoms with van der Waals surface area (Å²) in [5.74, 6) is -2.55. The van der Waals surface area contributed by atoms with Crippen LogP contribution in [0.1, 0.15) is 93.6 Å². The molecule has 1 aromatic carbocycles. The molecule has 15 nitrogen and oxygen atoms in total. The monoisotopic (exact) mass is 833 g/mol. The van der Waals surface area contributed by atoms with Crippen LogP contribution in [-0.4, -0.2) is 155 Å². The lowest BCUT2D eigenvalue weighted by molar-refractivity contribution is -0.313. The molecular weight excluding hydrogens is 761 g/mol. The summed E-state index contributed by atoms with van der Waals surface area (Å²) in [6.45, 7) is 17.1. The predicted octanol–water partition coefficient (Wildman–Crippen LogP) is 3.26. The minimum absolute atomic E-state index is 0.00824. The number of fused-ring (bicyclic) bond motifs is 1. The number of rotatable bonds is 8. The highest BCUT2D eigenvalue weighted by molar-refractivity contribution is 5.80. The third kappa shape index (κ3) is 11.1. The summed E-state index contributed by atoms with van der Waals surface area (Å²) in [7, 11) is 5.16. The van der Waals surface area contributed by atoms with E-state index in [4.69, 9.17) is 33.4 Å². The van der Waals surface area contributed by atoms with Crippen LogP contribution < -0.4 is 5.32 Å². The molecule has 59 heavy (non-hydrogen) atoms. The highest BCUT2D eigenvalue weighted by atomic mass is 16.7. The SMILES string of the molecule is COC1(C)C[C@H](OC2C(C)C(=O)NC(Cc3ccccc3)[C@@H](O)CC(=O)N(C)C[C@H](C)CC(C)(O)[C@H](OC3O[C@H](C)CC4C3OC(=NC(C)C)N4C)[C@H]2C)O[C@@H](C)[C@@H]1O. The molecule has 15 heteroatoms. The first-order chi connectivity index (χ1) is 27.6. The molecule has 4 aliphatic heterocycles. The molecule has 0 bridgehead atoms. The Morgan fingerprint density at radius 2 is 1.68 bits per heavy atom. The lowest BCUT2D eigenvalue weighted by Crippen LogP contribution is -2.60. The van der Waals surface area contributed by atoms with Crippen LogP contribution in [0.15, 0.2) is 35.3 Å². The van der Waals surface area contributed by atoms with Crippen LogP contribution in [0.4, 0.5) is 0 Å². The van der Waals surface area contributed by atoms with E-state index in [9.17, 15) is 24.9 Å². The van der Waals surface area contributed by atoms with E-state index in [1.54, 1.807) is 39.6 Å². The van der Waals surface area contributed by atoms with E-state index in [1.165, 1.54) is 7.11 Å². The van der Waals surface area contributed by atoms with Crippen molar-refractivity contribution in [3.8, 4) is 0 Å². The normalized spacial score (nSPS) is 42.5. The van der Waals surface area contributed by atoms with Gasteiger partial charge in [0.15, 0.2) is 18.7 Å². The molecule has 4 N–H and O–H groups in total. The molecule has 0 radical (unpaired) electrons. The fraction of sp³-hybridized carbons (Fsp3) is 0.795. The van der Waals surface area contributed by atoms with E-state index in [2.05, 4.69) is 5.32 Å². The maximum Gasteiger partial charge on any atom is 0.288 e. The van der Waals surface area contributed by atoms with Crippen molar-refractivity contribution in [2.24, 2.45) is 22.7 Å². The highest BCUT2D eigenvalue weighted by Gasteiger charge is 2.54. The predicted molar refractivity (Wildman–Crippen MR) is 221 cm³/mol. The summed E-state index contributed by atoms with van der Waals surface area (Å²) in [5.41, 5.74) is -1.70. The number of ether oxygens (including phenoxy) is 6. The van der Waals surface area contributed by atoms with E-state index in [0.717, 1.165) is 5.56 Å². The van der Waals surface area contributed by atoms with E-state index < -0.39 is 84.2 Å². The number of likely N-dealkylation sites (N-methyl/N-ethyl adjacent to an activating group) is 1. The van der Waals surface area contributed by atoms with Crippen molar-refractivity contribution in [1.82, 2.24) is 15.1 Å². The number of nitrogens with zero attached hydrogens (tertiary/aromatic N) is 3. The first kappa shape index (κ1) is 47.2. The summed E-state index contributed by atoms with van der Waals surface area (Å²) in [4.78, 5) is 36.5. The van der Waals surface area contributed by atoms with Crippen molar-refractivity contribution in [1.29, 1.82) is 0 Å². The van der Waals surface area contributed by atoms with Gasteiger partial charge in [-0.15, -0.1) is 0 Å². The number of carbonyl (C=O) groups is 2. The van der Waals surface area contributed by atoms with Gasteiger partial charge in [-0.3, -0.25) is 9.59 Å². The molecule has 4 saturated heterocycles. The molecule has 1 aromatic rings. The Bertz CT molecular complexity index is 1580. The number of hydrogen-bond donors (Lipinski definition) is 4. The highest BCUT2D eigenvalue weighted by Crippen LogP contribution is 2.41. The van der Waals surface area contributed by atoms with Gasteiger partial charge in [-0.1, -0.05) is 51.1 Å². The van der Waals surface area contributed by atoms with Crippen LogP contribution in [0, 0.1) is 17.8 Å². The average Bonchev–Trinajstić information content (AvgIpc) is 3.46. The van der Waals surface area contributed by atoms with Crippen LogP contribution in [-0.2, 0) is 44.4 Å². The molecule has 4 fully saturated rings. The second-order valence-electron chi connectivity index (χ2n) is 18.6. The molecule has 4 aliphatic rings. The largest absolute Gasteiger partial charge is 0.454 e. The number of benzene rings is 1. The number of aliphatic imine (C=N–C) groups is 1. The number of amides is 2. The minimum atomic E-state index is -1.56. The molecule has 334 valence electrons. The maximum atomic E-state index is 14.6. The second kappa shape index (κ2) is 19.4. The number of aliphatic hydroxyl groups excluding tert-OH is 2. The van der Waals surface area contributed by atoms with Crippen LogP contribution in [0.3, 0.4) is 0 Å². The zero-order valence-electron chi connectivity index (χ0n) is 37.2. The smallest absolute Gasteiger partial charge is 0.288 e. The van der Waals surface area contributed by atoms with Gasteiger partial charge in [-0.2, -0.15) is 0 Å². The number of carbonyl (C=O) groups excluding carboxylic acids is 2.